The van der Waals surface area contributed by atoms with Gasteiger partial charge in [0, 0.05) is 23.1 Å². The Morgan fingerprint density at radius 2 is 1.23 bits per heavy atom. The van der Waals surface area contributed by atoms with Crippen molar-refractivity contribution < 1.29 is 14.4 Å². The van der Waals surface area contributed by atoms with E-state index in [4.69, 9.17) is 0 Å². The minimum Gasteiger partial charge on any atom is -0.294 e. The number of hydrogen-bond acceptors (Lipinski definition) is 3. The highest BCUT2D eigenvalue weighted by molar-refractivity contribution is 6.17. The van der Waals surface area contributed by atoms with Crippen LogP contribution in [0.5, 0.6) is 0 Å². The first kappa shape index (κ1) is 19.8. The fraction of sp³-hybridized carbons (Fsp3) is 0.348. The van der Waals surface area contributed by atoms with Crippen molar-refractivity contribution in [3.8, 4) is 0 Å². The summed E-state index contributed by atoms with van der Waals surface area (Å²) in [5.74, 6) is -0.538. The first-order valence-corrected chi connectivity index (χ1v) is 9.37. The minimum absolute atomic E-state index is 0.0161. The smallest absolute Gasteiger partial charge is 0.171 e. The molecule has 2 rings (SSSR count). The van der Waals surface area contributed by atoms with Crippen LogP contribution in [0.2, 0.25) is 0 Å². The molecule has 3 heteroatoms. The number of Topliss-reactive ketones (excluding diaryl/α,β-unsaturated/α-hetero) is 3. The summed E-state index contributed by atoms with van der Waals surface area (Å²) >= 11 is 0. The number of unbranched alkanes of at least 4 members (excludes halogenated alkanes) is 4. The van der Waals surface area contributed by atoms with Gasteiger partial charge < -0.3 is 0 Å². The predicted molar refractivity (Wildman–Crippen MR) is 104 cm³/mol. The zero-order valence-corrected chi connectivity index (χ0v) is 15.4. The van der Waals surface area contributed by atoms with Crippen LogP contribution in [0.3, 0.4) is 0 Å². The van der Waals surface area contributed by atoms with Crippen LogP contribution < -0.4 is 0 Å². The van der Waals surface area contributed by atoms with Gasteiger partial charge in [-0.25, -0.2) is 0 Å². The second kappa shape index (κ2) is 10.4. The molecule has 0 aliphatic heterocycles. The Bertz CT molecular complexity index is 747. The standard InChI is InChI=1S/C23H26O3/c1-2-3-4-5-9-16-21(24)19-14-10-11-15-20(19)23(26)17-22(25)18-12-7-6-8-13-18/h6-8,10-15H,2-5,9,16-17H2,1H3. The van der Waals surface area contributed by atoms with Gasteiger partial charge in [0.2, 0.25) is 0 Å². The second-order valence-electron chi connectivity index (χ2n) is 6.52. The lowest BCUT2D eigenvalue weighted by molar-refractivity contribution is 0.0884. The summed E-state index contributed by atoms with van der Waals surface area (Å²) in [4.78, 5) is 37.4. The van der Waals surface area contributed by atoms with Crippen LogP contribution in [0.15, 0.2) is 54.6 Å². The Balaban J connectivity index is 2.02. The molecule has 0 aromatic heterocycles. The van der Waals surface area contributed by atoms with E-state index in [2.05, 4.69) is 6.92 Å². The average Bonchev–Trinajstić information content (AvgIpc) is 2.68. The molecule has 0 fully saturated rings. The lowest BCUT2D eigenvalue weighted by Crippen LogP contribution is -2.13. The average molecular weight is 350 g/mol. The van der Waals surface area contributed by atoms with Crippen molar-refractivity contribution in [3.63, 3.8) is 0 Å². The van der Waals surface area contributed by atoms with Crippen LogP contribution >= 0.6 is 0 Å². The van der Waals surface area contributed by atoms with E-state index in [1.807, 2.05) is 6.07 Å². The fourth-order valence-corrected chi connectivity index (χ4v) is 2.96. The Morgan fingerprint density at radius 1 is 0.654 bits per heavy atom. The van der Waals surface area contributed by atoms with Gasteiger partial charge in [0.05, 0.1) is 6.42 Å². The first-order chi connectivity index (χ1) is 12.6. The molecule has 136 valence electrons. The SMILES string of the molecule is CCCCCCCC(=O)c1ccccc1C(=O)CC(=O)c1ccccc1. The van der Waals surface area contributed by atoms with E-state index in [1.165, 1.54) is 12.8 Å². The molecule has 0 spiro atoms. The maximum absolute atomic E-state index is 12.6. The van der Waals surface area contributed by atoms with Gasteiger partial charge in [0.25, 0.3) is 0 Å². The van der Waals surface area contributed by atoms with Gasteiger partial charge in [-0.2, -0.15) is 0 Å². The Morgan fingerprint density at radius 3 is 1.88 bits per heavy atom. The van der Waals surface area contributed by atoms with Crippen molar-refractivity contribution in [2.45, 2.75) is 51.9 Å². The predicted octanol–water partition coefficient (Wildman–Crippen LogP) is 5.69. The van der Waals surface area contributed by atoms with Crippen LogP contribution in [0.25, 0.3) is 0 Å². The molecule has 0 saturated carbocycles. The Kier molecular flexibility index (Phi) is 7.94. The molecule has 0 bridgehead atoms. The van der Waals surface area contributed by atoms with Crippen molar-refractivity contribution >= 4 is 17.3 Å². The molecule has 0 unspecified atom stereocenters. The third-order valence-electron chi connectivity index (χ3n) is 4.45. The summed E-state index contributed by atoms with van der Waals surface area (Å²) in [6.07, 6.45) is 5.58. The number of carbonyl (C=O) groups excluding carboxylic acids is 3. The van der Waals surface area contributed by atoms with Crippen molar-refractivity contribution in [3.05, 3.63) is 71.3 Å². The Labute approximate surface area is 155 Å². The molecular formula is C23H26O3. The molecule has 0 heterocycles. The number of benzene rings is 2. The van der Waals surface area contributed by atoms with Gasteiger partial charge in [-0.1, -0.05) is 87.2 Å². The molecule has 0 atom stereocenters. The summed E-state index contributed by atoms with van der Waals surface area (Å²) < 4.78 is 0. The molecular weight excluding hydrogens is 324 g/mol. The van der Waals surface area contributed by atoms with Crippen LogP contribution in [0, 0.1) is 0 Å². The third kappa shape index (κ3) is 5.76. The van der Waals surface area contributed by atoms with Crippen LogP contribution in [0.4, 0.5) is 0 Å². The van der Waals surface area contributed by atoms with Gasteiger partial charge in [-0.3, -0.25) is 14.4 Å². The molecule has 0 saturated heterocycles. The number of hydrogen-bond donors (Lipinski definition) is 0. The van der Waals surface area contributed by atoms with Crippen molar-refractivity contribution in [1.29, 1.82) is 0 Å². The summed E-state index contributed by atoms with van der Waals surface area (Å²) in [6.45, 7) is 2.16. The van der Waals surface area contributed by atoms with E-state index in [1.54, 1.807) is 48.5 Å². The summed E-state index contributed by atoms with van der Waals surface area (Å²) in [7, 11) is 0. The third-order valence-corrected chi connectivity index (χ3v) is 4.45. The summed E-state index contributed by atoms with van der Waals surface area (Å²) in [5.41, 5.74) is 1.31. The van der Waals surface area contributed by atoms with E-state index in [-0.39, 0.29) is 23.8 Å². The second-order valence-corrected chi connectivity index (χ2v) is 6.52. The molecule has 3 nitrogen and oxygen atoms in total. The molecule has 26 heavy (non-hydrogen) atoms. The maximum atomic E-state index is 12.6. The normalized spacial score (nSPS) is 10.5. The topological polar surface area (TPSA) is 51.2 Å². The number of rotatable bonds is 11. The molecule has 0 radical (unpaired) electrons. The van der Waals surface area contributed by atoms with E-state index in [0.717, 1.165) is 19.3 Å². The fourth-order valence-electron chi connectivity index (χ4n) is 2.96. The van der Waals surface area contributed by atoms with Gasteiger partial charge >= 0.3 is 0 Å². The van der Waals surface area contributed by atoms with E-state index in [0.29, 0.717) is 23.1 Å². The van der Waals surface area contributed by atoms with Crippen LogP contribution in [0.1, 0.15) is 82.9 Å². The first-order valence-electron chi connectivity index (χ1n) is 9.37. The lowest BCUT2D eigenvalue weighted by atomic mass is 9.94. The van der Waals surface area contributed by atoms with Gasteiger partial charge in [0.15, 0.2) is 17.3 Å². The molecule has 2 aromatic carbocycles. The van der Waals surface area contributed by atoms with Gasteiger partial charge in [-0.05, 0) is 6.42 Å². The van der Waals surface area contributed by atoms with Crippen molar-refractivity contribution in [1.82, 2.24) is 0 Å². The molecule has 0 aliphatic carbocycles. The van der Waals surface area contributed by atoms with Crippen LogP contribution in [-0.2, 0) is 0 Å². The highest BCUT2D eigenvalue weighted by Gasteiger charge is 2.19. The number of carbonyl (C=O) groups is 3. The quantitative estimate of drug-likeness (QED) is 0.297. The molecule has 2 aromatic rings. The summed E-state index contributed by atoms with van der Waals surface area (Å²) in [6, 6.07) is 15.6. The minimum atomic E-state index is -0.297. The van der Waals surface area contributed by atoms with Gasteiger partial charge in [0.1, 0.15) is 0 Å². The zero-order chi connectivity index (χ0) is 18.8. The lowest BCUT2D eigenvalue weighted by Gasteiger charge is -2.08. The highest BCUT2D eigenvalue weighted by atomic mass is 16.1. The molecule has 0 aliphatic rings. The maximum Gasteiger partial charge on any atom is 0.171 e. The van der Waals surface area contributed by atoms with E-state index in [9.17, 15) is 14.4 Å². The monoisotopic (exact) mass is 350 g/mol. The Hall–Kier alpha value is -2.55. The van der Waals surface area contributed by atoms with Crippen LogP contribution in [-0.4, -0.2) is 17.3 Å². The van der Waals surface area contributed by atoms with Crippen molar-refractivity contribution in [2.75, 3.05) is 0 Å². The molecule has 0 amide bonds. The largest absolute Gasteiger partial charge is 0.294 e. The number of ketones is 3. The van der Waals surface area contributed by atoms with Crippen molar-refractivity contribution in [2.24, 2.45) is 0 Å². The van der Waals surface area contributed by atoms with E-state index < -0.39 is 0 Å². The summed E-state index contributed by atoms with van der Waals surface area (Å²) in [5, 5.41) is 0. The highest BCUT2D eigenvalue weighted by Crippen LogP contribution is 2.17. The molecule has 0 N–H and O–H groups in total. The van der Waals surface area contributed by atoms with Gasteiger partial charge in [-0.15, -0.1) is 0 Å². The zero-order valence-electron chi connectivity index (χ0n) is 15.4. The van der Waals surface area contributed by atoms with E-state index >= 15 is 0 Å².